The first-order valence-corrected chi connectivity index (χ1v) is 9.23. The van der Waals surface area contributed by atoms with Crippen LogP contribution in [0.4, 0.5) is 0 Å². The summed E-state index contributed by atoms with van der Waals surface area (Å²) in [5, 5.41) is 7.17. The van der Waals surface area contributed by atoms with Crippen molar-refractivity contribution in [3.63, 3.8) is 0 Å². The molecule has 0 saturated carbocycles. The number of carbonyl (C=O) groups is 1. The molecular formula is C20H27N3O3. The van der Waals surface area contributed by atoms with Crippen LogP contribution >= 0.6 is 0 Å². The number of methoxy groups -OCH3 is 1. The van der Waals surface area contributed by atoms with Gasteiger partial charge in [0, 0.05) is 31.1 Å². The van der Waals surface area contributed by atoms with Crippen molar-refractivity contribution in [2.24, 2.45) is 0 Å². The van der Waals surface area contributed by atoms with E-state index in [4.69, 9.17) is 9.26 Å². The van der Waals surface area contributed by atoms with Crippen molar-refractivity contribution in [3.05, 3.63) is 47.3 Å². The van der Waals surface area contributed by atoms with Crippen molar-refractivity contribution in [1.29, 1.82) is 0 Å². The Morgan fingerprint density at radius 3 is 3.00 bits per heavy atom. The molecule has 1 aliphatic rings. The molecule has 140 valence electrons. The number of likely N-dealkylation sites (tertiary alicyclic amines) is 1. The number of aryl methyl sites for hydroxylation is 1. The number of rotatable bonds is 7. The van der Waals surface area contributed by atoms with Gasteiger partial charge in [0.05, 0.1) is 13.2 Å². The molecule has 1 unspecified atom stereocenters. The van der Waals surface area contributed by atoms with Crippen molar-refractivity contribution in [2.75, 3.05) is 20.2 Å². The molecule has 1 fully saturated rings. The number of hydrogen-bond donors (Lipinski definition) is 1. The molecule has 1 aromatic heterocycles. The summed E-state index contributed by atoms with van der Waals surface area (Å²) in [6, 6.07) is 9.99. The van der Waals surface area contributed by atoms with Gasteiger partial charge in [0.1, 0.15) is 17.2 Å². The summed E-state index contributed by atoms with van der Waals surface area (Å²) in [6.45, 7) is 4.12. The van der Waals surface area contributed by atoms with E-state index in [0.717, 1.165) is 48.7 Å². The zero-order valence-electron chi connectivity index (χ0n) is 15.5. The molecule has 1 saturated heterocycles. The number of para-hydroxylation sites is 1. The number of benzene rings is 1. The van der Waals surface area contributed by atoms with Gasteiger partial charge in [0.25, 0.3) is 0 Å². The molecule has 6 nitrogen and oxygen atoms in total. The summed E-state index contributed by atoms with van der Waals surface area (Å²) in [5.41, 5.74) is 1.97. The maximum Gasteiger partial charge on any atom is 0.221 e. The van der Waals surface area contributed by atoms with Crippen molar-refractivity contribution in [1.82, 2.24) is 15.4 Å². The second kappa shape index (κ2) is 8.85. The van der Waals surface area contributed by atoms with Gasteiger partial charge in [0.15, 0.2) is 0 Å². The highest BCUT2D eigenvalue weighted by Gasteiger charge is 2.26. The van der Waals surface area contributed by atoms with Gasteiger partial charge in [-0.25, -0.2) is 0 Å². The maximum atomic E-state index is 12.3. The minimum absolute atomic E-state index is 0.0524. The normalized spacial score (nSPS) is 17.8. The third-order valence-electron chi connectivity index (χ3n) is 4.90. The smallest absolute Gasteiger partial charge is 0.221 e. The van der Waals surface area contributed by atoms with Crippen LogP contribution in [0.25, 0.3) is 0 Å². The Bertz CT molecular complexity index is 729. The minimum Gasteiger partial charge on any atom is -0.496 e. The van der Waals surface area contributed by atoms with Crippen LogP contribution in [0.1, 0.15) is 48.7 Å². The number of aromatic nitrogens is 1. The first-order chi connectivity index (χ1) is 12.7. The van der Waals surface area contributed by atoms with Crippen LogP contribution in [0.15, 0.2) is 34.9 Å². The highest BCUT2D eigenvalue weighted by molar-refractivity contribution is 5.76. The van der Waals surface area contributed by atoms with Gasteiger partial charge < -0.3 is 14.6 Å². The van der Waals surface area contributed by atoms with Crippen LogP contribution in [-0.4, -0.2) is 36.2 Å². The van der Waals surface area contributed by atoms with E-state index in [2.05, 4.69) is 15.4 Å². The van der Waals surface area contributed by atoms with E-state index < -0.39 is 0 Å². The van der Waals surface area contributed by atoms with E-state index in [9.17, 15) is 4.79 Å². The number of amides is 1. The minimum atomic E-state index is 0.0524. The average Bonchev–Trinajstić information content (AvgIpc) is 3.11. The van der Waals surface area contributed by atoms with Crippen molar-refractivity contribution in [2.45, 2.75) is 45.2 Å². The van der Waals surface area contributed by atoms with Crippen molar-refractivity contribution < 1.29 is 14.1 Å². The summed E-state index contributed by atoms with van der Waals surface area (Å²) in [4.78, 5) is 14.6. The van der Waals surface area contributed by atoms with Crippen LogP contribution in [0, 0.1) is 6.92 Å². The van der Waals surface area contributed by atoms with Crippen LogP contribution < -0.4 is 10.1 Å². The standard InChI is InChI=1S/C20H27N3O3/c1-15-13-17(22-26-15)18-8-5-6-11-23(18)12-10-20(24)21-14-16-7-3-4-9-19(16)25-2/h3-4,7,9,13,18H,5-6,8,10-12,14H2,1-2H3,(H,21,24). The number of ether oxygens (including phenoxy) is 1. The Kier molecular flexibility index (Phi) is 6.28. The Hall–Kier alpha value is -2.34. The van der Waals surface area contributed by atoms with Crippen LogP contribution in [-0.2, 0) is 11.3 Å². The van der Waals surface area contributed by atoms with Crippen LogP contribution in [0.3, 0.4) is 0 Å². The van der Waals surface area contributed by atoms with Gasteiger partial charge in [-0.05, 0) is 32.4 Å². The van der Waals surface area contributed by atoms with Gasteiger partial charge in [-0.2, -0.15) is 0 Å². The predicted octanol–water partition coefficient (Wildman–Crippen LogP) is 3.23. The maximum absolute atomic E-state index is 12.3. The SMILES string of the molecule is COc1ccccc1CNC(=O)CCN1CCCCC1c1cc(C)on1. The quantitative estimate of drug-likeness (QED) is 0.824. The molecule has 0 bridgehead atoms. The predicted molar refractivity (Wildman–Crippen MR) is 98.9 cm³/mol. The summed E-state index contributed by atoms with van der Waals surface area (Å²) < 4.78 is 10.6. The molecular weight excluding hydrogens is 330 g/mol. The average molecular weight is 357 g/mol. The first kappa shape index (κ1) is 18.5. The van der Waals surface area contributed by atoms with Gasteiger partial charge in [-0.3, -0.25) is 9.69 Å². The second-order valence-corrected chi connectivity index (χ2v) is 6.75. The van der Waals surface area contributed by atoms with Gasteiger partial charge in [0.2, 0.25) is 5.91 Å². The molecule has 2 heterocycles. The largest absolute Gasteiger partial charge is 0.496 e. The summed E-state index contributed by atoms with van der Waals surface area (Å²) in [5.74, 6) is 1.68. The van der Waals surface area contributed by atoms with Gasteiger partial charge in [-0.15, -0.1) is 0 Å². The molecule has 1 N–H and O–H groups in total. The van der Waals surface area contributed by atoms with Crippen LogP contribution in [0.5, 0.6) is 5.75 Å². The second-order valence-electron chi connectivity index (χ2n) is 6.75. The zero-order chi connectivity index (χ0) is 18.4. The molecule has 0 radical (unpaired) electrons. The molecule has 0 aliphatic carbocycles. The fourth-order valence-corrected chi connectivity index (χ4v) is 3.51. The topological polar surface area (TPSA) is 67.6 Å². The zero-order valence-corrected chi connectivity index (χ0v) is 15.5. The fraction of sp³-hybridized carbons (Fsp3) is 0.500. The highest BCUT2D eigenvalue weighted by Crippen LogP contribution is 2.30. The summed E-state index contributed by atoms with van der Waals surface area (Å²) >= 11 is 0. The molecule has 3 rings (SSSR count). The number of hydrogen-bond acceptors (Lipinski definition) is 5. The van der Waals surface area contributed by atoms with Gasteiger partial charge in [-0.1, -0.05) is 29.8 Å². The third kappa shape index (κ3) is 4.64. The Labute approximate surface area is 154 Å². The molecule has 1 aromatic carbocycles. The lowest BCUT2D eigenvalue weighted by Gasteiger charge is -2.34. The third-order valence-corrected chi connectivity index (χ3v) is 4.90. The highest BCUT2D eigenvalue weighted by atomic mass is 16.5. The van der Waals surface area contributed by atoms with E-state index in [1.165, 1.54) is 6.42 Å². The first-order valence-electron chi connectivity index (χ1n) is 9.23. The van der Waals surface area contributed by atoms with E-state index in [1.54, 1.807) is 7.11 Å². The van der Waals surface area contributed by atoms with E-state index in [-0.39, 0.29) is 11.9 Å². The monoisotopic (exact) mass is 357 g/mol. The van der Waals surface area contributed by atoms with Crippen LogP contribution in [0.2, 0.25) is 0 Å². The lowest BCUT2D eigenvalue weighted by atomic mass is 9.99. The summed E-state index contributed by atoms with van der Waals surface area (Å²) in [7, 11) is 1.64. The molecule has 6 heteroatoms. The fourth-order valence-electron chi connectivity index (χ4n) is 3.51. The Morgan fingerprint density at radius 1 is 1.38 bits per heavy atom. The Morgan fingerprint density at radius 2 is 2.23 bits per heavy atom. The molecule has 26 heavy (non-hydrogen) atoms. The van der Waals surface area contributed by atoms with E-state index in [1.807, 2.05) is 37.3 Å². The number of carbonyl (C=O) groups excluding carboxylic acids is 1. The lowest BCUT2D eigenvalue weighted by molar-refractivity contribution is -0.121. The van der Waals surface area contributed by atoms with E-state index in [0.29, 0.717) is 13.0 Å². The number of piperidine rings is 1. The molecule has 1 atom stereocenters. The number of nitrogens with one attached hydrogen (secondary N) is 1. The Balaban J connectivity index is 1.51. The molecule has 1 amide bonds. The van der Waals surface area contributed by atoms with E-state index >= 15 is 0 Å². The summed E-state index contributed by atoms with van der Waals surface area (Å²) in [6.07, 6.45) is 3.89. The van der Waals surface area contributed by atoms with Gasteiger partial charge >= 0.3 is 0 Å². The van der Waals surface area contributed by atoms with Crippen molar-refractivity contribution >= 4 is 5.91 Å². The number of nitrogens with zero attached hydrogens (tertiary/aromatic N) is 2. The lowest BCUT2D eigenvalue weighted by Crippen LogP contribution is -2.36. The molecule has 1 aliphatic heterocycles. The van der Waals surface area contributed by atoms with Crippen molar-refractivity contribution in [3.8, 4) is 5.75 Å². The molecule has 2 aromatic rings. The molecule has 0 spiro atoms.